The molecule has 3 nitrogen and oxygen atoms in total. The molecule has 23 heavy (non-hydrogen) atoms. The molecule has 0 saturated carbocycles. The first-order valence-corrected chi connectivity index (χ1v) is 8.07. The molecular weight excluding hydrogens is 304 g/mol. The van der Waals surface area contributed by atoms with Gasteiger partial charge in [-0.3, -0.25) is 10.1 Å². The summed E-state index contributed by atoms with van der Waals surface area (Å²) in [6.45, 7) is 8.19. The number of aryl methyl sites for hydroxylation is 2. The first-order valence-electron chi connectivity index (χ1n) is 7.66. The molecule has 0 spiro atoms. The highest BCUT2D eigenvalue weighted by molar-refractivity contribution is 7.80. The highest BCUT2D eigenvalue weighted by Crippen LogP contribution is 2.23. The lowest BCUT2D eigenvalue weighted by Crippen LogP contribution is -2.34. The number of amides is 1. The highest BCUT2D eigenvalue weighted by atomic mass is 32.1. The van der Waals surface area contributed by atoms with E-state index in [4.69, 9.17) is 12.2 Å². The summed E-state index contributed by atoms with van der Waals surface area (Å²) in [6, 6.07) is 13.7. The number of hydrogen-bond donors (Lipinski definition) is 2. The molecule has 0 aliphatic heterocycles. The van der Waals surface area contributed by atoms with Crippen LogP contribution in [0.15, 0.2) is 42.5 Å². The van der Waals surface area contributed by atoms with Gasteiger partial charge >= 0.3 is 0 Å². The van der Waals surface area contributed by atoms with Crippen LogP contribution in [-0.4, -0.2) is 11.0 Å². The molecule has 2 aromatic carbocycles. The highest BCUT2D eigenvalue weighted by Gasteiger charge is 2.11. The fourth-order valence-corrected chi connectivity index (χ4v) is 2.75. The molecule has 0 unspecified atom stereocenters. The smallest absolute Gasteiger partial charge is 0.257 e. The summed E-state index contributed by atoms with van der Waals surface area (Å²) in [5.74, 6) is 0.174. The summed E-state index contributed by atoms with van der Waals surface area (Å²) in [7, 11) is 0. The maximum Gasteiger partial charge on any atom is 0.257 e. The molecule has 4 heteroatoms. The lowest BCUT2D eigenvalue weighted by molar-refractivity contribution is 0.0977. The van der Waals surface area contributed by atoms with Crippen molar-refractivity contribution >= 4 is 28.9 Å². The van der Waals surface area contributed by atoms with Gasteiger partial charge in [-0.05, 0) is 55.7 Å². The van der Waals surface area contributed by atoms with Gasteiger partial charge in [-0.2, -0.15) is 0 Å². The Kier molecular flexibility index (Phi) is 5.50. The predicted molar refractivity (Wildman–Crippen MR) is 100 cm³/mol. The number of hydrogen-bond acceptors (Lipinski definition) is 2. The van der Waals surface area contributed by atoms with Crippen LogP contribution >= 0.6 is 12.2 Å². The van der Waals surface area contributed by atoms with E-state index in [9.17, 15) is 4.79 Å². The summed E-state index contributed by atoms with van der Waals surface area (Å²) in [5.41, 5.74) is 4.81. The van der Waals surface area contributed by atoms with Gasteiger partial charge in [0.1, 0.15) is 0 Å². The summed E-state index contributed by atoms with van der Waals surface area (Å²) >= 11 is 5.28. The van der Waals surface area contributed by atoms with Gasteiger partial charge in [0, 0.05) is 11.3 Å². The summed E-state index contributed by atoms with van der Waals surface area (Å²) in [5, 5.41) is 6.18. The minimum atomic E-state index is -0.198. The van der Waals surface area contributed by atoms with Crippen molar-refractivity contribution in [2.45, 2.75) is 33.6 Å². The van der Waals surface area contributed by atoms with Gasteiger partial charge in [-0.1, -0.05) is 49.2 Å². The molecule has 0 saturated heterocycles. The van der Waals surface area contributed by atoms with Gasteiger partial charge < -0.3 is 5.32 Å². The number of nitrogens with one attached hydrogen (secondary N) is 2. The number of benzene rings is 2. The number of anilines is 1. The van der Waals surface area contributed by atoms with Crippen LogP contribution in [0.5, 0.6) is 0 Å². The zero-order valence-corrected chi connectivity index (χ0v) is 14.8. The second-order valence-electron chi connectivity index (χ2n) is 6.03. The Hall–Kier alpha value is -2.20. The fourth-order valence-electron chi connectivity index (χ4n) is 2.55. The topological polar surface area (TPSA) is 41.1 Å². The molecule has 0 radical (unpaired) electrons. The van der Waals surface area contributed by atoms with E-state index in [0.717, 1.165) is 22.4 Å². The molecule has 2 rings (SSSR count). The Morgan fingerprint density at radius 3 is 2.26 bits per heavy atom. The van der Waals surface area contributed by atoms with Crippen molar-refractivity contribution in [2.75, 3.05) is 5.32 Å². The zero-order valence-electron chi connectivity index (χ0n) is 13.9. The summed E-state index contributed by atoms with van der Waals surface area (Å²) < 4.78 is 0. The van der Waals surface area contributed by atoms with E-state index in [1.54, 1.807) is 0 Å². The first kappa shape index (κ1) is 17.2. The molecular formula is C19H22N2OS. The maximum absolute atomic E-state index is 12.3. The van der Waals surface area contributed by atoms with E-state index in [1.807, 2.05) is 50.2 Å². The van der Waals surface area contributed by atoms with Crippen LogP contribution in [0.25, 0.3) is 0 Å². The number of carbonyl (C=O) groups excluding carboxylic acids is 1. The van der Waals surface area contributed by atoms with Crippen molar-refractivity contribution < 1.29 is 4.79 Å². The van der Waals surface area contributed by atoms with Crippen LogP contribution in [0, 0.1) is 13.8 Å². The third-order valence-corrected chi connectivity index (χ3v) is 3.75. The SMILES string of the molecule is Cc1cc(C)cc(C(=O)NC(=S)Nc2ccccc2C(C)C)c1. The van der Waals surface area contributed by atoms with Crippen LogP contribution < -0.4 is 10.6 Å². The van der Waals surface area contributed by atoms with Gasteiger partial charge in [-0.15, -0.1) is 0 Å². The lowest BCUT2D eigenvalue weighted by Gasteiger charge is -2.15. The molecule has 0 heterocycles. The normalized spacial score (nSPS) is 10.5. The molecule has 0 fully saturated rings. The standard InChI is InChI=1S/C19H22N2OS/c1-12(2)16-7-5-6-8-17(16)20-19(23)21-18(22)15-10-13(3)9-14(4)11-15/h5-12H,1-4H3,(H2,20,21,22,23). The van der Waals surface area contributed by atoms with Crippen molar-refractivity contribution in [3.05, 3.63) is 64.7 Å². The Balaban J connectivity index is 2.09. The van der Waals surface area contributed by atoms with Crippen molar-refractivity contribution in [3.63, 3.8) is 0 Å². The summed E-state index contributed by atoms with van der Waals surface area (Å²) in [4.78, 5) is 12.3. The lowest BCUT2D eigenvalue weighted by atomic mass is 10.0. The van der Waals surface area contributed by atoms with E-state index in [0.29, 0.717) is 16.6 Å². The van der Waals surface area contributed by atoms with Crippen molar-refractivity contribution in [2.24, 2.45) is 0 Å². The molecule has 120 valence electrons. The van der Waals surface area contributed by atoms with Crippen LogP contribution in [0.4, 0.5) is 5.69 Å². The van der Waals surface area contributed by atoms with Crippen LogP contribution in [0.3, 0.4) is 0 Å². The van der Waals surface area contributed by atoms with Crippen LogP contribution in [0.1, 0.15) is 46.8 Å². The maximum atomic E-state index is 12.3. The third kappa shape index (κ3) is 4.63. The average Bonchev–Trinajstić information content (AvgIpc) is 2.46. The third-order valence-electron chi connectivity index (χ3n) is 3.54. The van der Waals surface area contributed by atoms with E-state index >= 15 is 0 Å². The monoisotopic (exact) mass is 326 g/mol. The van der Waals surface area contributed by atoms with Crippen LogP contribution in [-0.2, 0) is 0 Å². The zero-order chi connectivity index (χ0) is 17.0. The molecule has 1 amide bonds. The number of carbonyl (C=O) groups is 1. The minimum absolute atomic E-state index is 0.198. The van der Waals surface area contributed by atoms with Crippen molar-refractivity contribution in [1.29, 1.82) is 0 Å². The predicted octanol–water partition coefficient (Wildman–Crippen LogP) is 4.55. The van der Waals surface area contributed by atoms with E-state index in [-0.39, 0.29) is 5.91 Å². The second kappa shape index (κ2) is 7.38. The summed E-state index contributed by atoms with van der Waals surface area (Å²) in [6.07, 6.45) is 0. The van der Waals surface area contributed by atoms with E-state index in [2.05, 4.69) is 30.5 Å². The minimum Gasteiger partial charge on any atom is -0.332 e. The Morgan fingerprint density at radius 1 is 1.04 bits per heavy atom. The van der Waals surface area contributed by atoms with Crippen molar-refractivity contribution in [1.82, 2.24) is 5.32 Å². The molecule has 0 aromatic heterocycles. The first-order chi connectivity index (χ1) is 10.9. The van der Waals surface area contributed by atoms with Gasteiger partial charge in [0.05, 0.1) is 0 Å². The molecule has 0 atom stereocenters. The Morgan fingerprint density at radius 2 is 1.65 bits per heavy atom. The molecule has 0 aliphatic rings. The van der Waals surface area contributed by atoms with Gasteiger partial charge in [0.15, 0.2) is 5.11 Å². The van der Waals surface area contributed by atoms with Crippen molar-refractivity contribution in [3.8, 4) is 0 Å². The fraction of sp³-hybridized carbons (Fsp3) is 0.263. The number of para-hydroxylation sites is 1. The molecule has 2 aromatic rings. The second-order valence-corrected chi connectivity index (χ2v) is 6.43. The Labute approximate surface area is 143 Å². The van der Waals surface area contributed by atoms with Crippen LogP contribution in [0.2, 0.25) is 0 Å². The molecule has 2 N–H and O–H groups in total. The van der Waals surface area contributed by atoms with E-state index in [1.165, 1.54) is 0 Å². The molecule has 0 aliphatic carbocycles. The van der Waals surface area contributed by atoms with E-state index < -0.39 is 0 Å². The Bertz CT molecular complexity index is 718. The average molecular weight is 326 g/mol. The molecule has 0 bridgehead atoms. The quantitative estimate of drug-likeness (QED) is 0.813. The van der Waals surface area contributed by atoms with Gasteiger partial charge in [-0.25, -0.2) is 0 Å². The number of rotatable bonds is 3. The largest absolute Gasteiger partial charge is 0.332 e. The van der Waals surface area contributed by atoms with Gasteiger partial charge in [0.25, 0.3) is 5.91 Å². The number of thiocarbonyl (C=S) groups is 1. The van der Waals surface area contributed by atoms with Gasteiger partial charge in [0.2, 0.25) is 0 Å².